The summed E-state index contributed by atoms with van der Waals surface area (Å²) in [6.07, 6.45) is 0.333. The highest BCUT2D eigenvalue weighted by Crippen LogP contribution is 2.21. The number of sulfone groups is 1. The van der Waals surface area contributed by atoms with Crippen LogP contribution >= 0.6 is 0 Å². The van der Waals surface area contributed by atoms with Crippen molar-refractivity contribution in [3.63, 3.8) is 0 Å². The van der Waals surface area contributed by atoms with Gasteiger partial charge in [-0.2, -0.15) is 4.39 Å². The van der Waals surface area contributed by atoms with Crippen LogP contribution in [0.4, 0.5) is 4.39 Å². The molecular formula is C14H16FN3O4S. The van der Waals surface area contributed by atoms with Gasteiger partial charge in [-0.3, -0.25) is 9.20 Å². The number of aliphatic hydroxyl groups excluding tert-OH is 1. The minimum Gasteiger partial charge on any atom is -0.390 e. The number of aromatic nitrogens is 2. The molecule has 7 nitrogen and oxygen atoms in total. The van der Waals surface area contributed by atoms with E-state index in [2.05, 4.69) is 4.98 Å². The molecule has 2 atom stereocenters. The Morgan fingerprint density at radius 3 is 2.74 bits per heavy atom. The summed E-state index contributed by atoms with van der Waals surface area (Å²) in [5.41, 5.74) is 0.692. The summed E-state index contributed by atoms with van der Waals surface area (Å²) >= 11 is 0. The van der Waals surface area contributed by atoms with Crippen molar-refractivity contribution in [1.29, 1.82) is 0 Å². The maximum absolute atomic E-state index is 14.4. The number of likely N-dealkylation sites (N-methyl/N-ethyl adjacent to an activating group) is 1. The maximum atomic E-state index is 14.4. The monoisotopic (exact) mass is 341 g/mol. The molecule has 1 fully saturated rings. The number of nitrogens with zero attached hydrogens (tertiary/aromatic N) is 3. The molecule has 9 heteroatoms. The molecule has 0 unspecified atom stereocenters. The number of pyridine rings is 1. The quantitative estimate of drug-likeness (QED) is 0.831. The molecular weight excluding hydrogens is 325 g/mol. The normalized spacial score (nSPS) is 23.3. The van der Waals surface area contributed by atoms with Crippen LogP contribution in [-0.2, 0) is 9.84 Å². The number of hydrogen-bond donors (Lipinski definition) is 1. The van der Waals surface area contributed by atoms with E-state index in [1.165, 1.54) is 13.2 Å². The fourth-order valence-electron chi connectivity index (χ4n) is 2.76. The van der Waals surface area contributed by atoms with Crippen molar-refractivity contribution in [3.05, 3.63) is 35.5 Å². The molecule has 2 aromatic rings. The number of carbonyl (C=O) groups is 1. The lowest BCUT2D eigenvalue weighted by Gasteiger charge is -2.25. The second-order valence-corrected chi connectivity index (χ2v) is 7.97. The van der Waals surface area contributed by atoms with Crippen molar-refractivity contribution in [1.82, 2.24) is 14.3 Å². The molecule has 1 aliphatic rings. The number of fused-ring (bicyclic) bond motifs is 1. The van der Waals surface area contributed by atoms with Gasteiger partial charge in [-0.25, -0.2) is 13.4 Å². The molecule has 1 N–H and O–H groups in total. The van der Waals surface area contributed by atoms with Gasteiger partial charge >= 0.3 is 0 Å². The smallest absolute Gasteiger partial charge is 0.277 e. The number of halogens is 1. The Bertz CT molecular complexity index is 893. The highest BCUT2D eigenvalue weighted by molar-refractivity contribution is 7.91. The Hall–Kier alpha value is -2.00. The maximum Gasteiger partial charge on any atom is 0.277 e. The second kappa shape index (κ2) is 5.27. The first-order valence-electron chi connectivity index (χ1n) is 6.99. The van der Waals surface area contributed by atoms with Crippen LogP contribution in [0.25, 0.3) is 5.65 Å². The van der Waals surface area contributed by atoms with Gasteiger partial charge in [0.05, 0.1) is 23.7 Å². The van der Waals surface area contributed by atoms with Crippen molar-refractivity contribution >= 4 is 21.4 Å². The average molecular weight is 341 g/mol. The van der Waals surface area contributed by atoms with Crippen LogP contribution in [0.5, 0.6) is 0 Å². The highest BCUT2D eigenvalue weighted by Gasteiger charge is 2.41. The van der Waals surface area contributed by atoms with Crippen molar-refractivity contribution in [2.45, 2.75) is 19.1 Å². The molecule has 0 spiro atoms. The minimum atomic E-state index is -3.41. The summed E-state index contributed by atoms with van der Waals surface area (Å²) in [4.78, 5) is 17.5. The molecule has 0 aliphatic carbocycles. The number of carbonyl (C=O) groups excluding carboxylic acids is 1. The Labute approximate surface area is 132 Å². The van der Waals surface area contributed by atoms with E-state index in [-0.39, 0.29) is 11.4 Å². The average Bonchev–Trinajstić information content (AvgIpc) is 2.94. The summed E-state index contributed by atoms with van der Waals surface area (Å²) in [5, 5.41) is 9.84. The van der Waals surface area contributed by atoms with E-state index in [9.17, 15) is 22.7 Å². The second-order valence-electron chi connectivity index (χ2n) is 5.81. The summed E-state index contributed by atoms with van der Waals surface area (Å²) in [5.74, 6) is -2.31. The standard InChI is InChI=1S/C14H16FN3O4S/c1-8-3-4-11-16-12(13(15)18(11)5-8)14(20)17(2)9-6-23(21,22)7-10(9)19/h3-5,9-10,19H,6-7H2,1-2H3/t9-,10-/m1/s1. The van der Waals surface area contributed by atoms with E-state index in [0.29, 0.717) is 0 Å². The zero-order chi connectivity index (χ0) is 16.9. The van der Waals surface area contributed by atoms with Gasteiger partial charge in [-0.15, -0.1) is 0 Å². The highest BCUT2D eigenvalue weighted by atomic mass is 32.2. The first-order valence-corrected chi connectivity index (χ1v) is 8.81. The summed E-state index contributed by atoms with van der Waals surface area (Å²) in [6, 6.07) is 2.43. The van der Waals surface area contributed by atoms with E-state index in [1.807, 2.05) is 0 Å². The Balaban J connectivity index is 1.96. The van der Waals surface area contributed by atoms with Gasteiger partial charge in [0.2, 0.25) is 5.95 Å². The molecule has 1 aliphatic heterocycles. The molecule has 0 radical (unpaired) electrons. The van der Waals surface area contributed by atoms with Gasteiger partial charge in [0.1, 0.15) is 5.65 Å². The van der Waals surface area contributed by atoms with Crippen LogP contribution in [0.15, 0.2) is 18.3 Å². The number of hydrogen-bond acceptors (Lipinski definition) is 5. The van der Waals surface area contributed by atoms with Gasteiger partial charge in [0.25, 0.3) is 5.91 Å². The topological polar surface area (TPSA) is 92.0 Å². The van der Waals surface area contributed by atoms with Gasteiger partial charge in [0.15, 0.2) is 15.5 Å². The largest absolute Gasteiger partial charge is 0.390 e. The third-order valence-electron chi connectivity index (χ3n) is 4.02. The lowest BCUT2D eigenvalue weighted by Crippen LogP contribution is -2.44. The number of aliphatic hydroxyl groups is 1. The Kier molecular flexibility index (Phi) is 3.64. The van der Waals surface area contributed by atoms with Crippen LogP contribution in [0.1, 0.15) is 16.1 Å². The lowest BCUT2D eigenvalue weighted by atomic mass is 10.2. The molecule has 3 rings (SSSR count). The van der Waals surface area contributed by atoms with Gasteiger partial charge in [-0.1, -0.05) is 6.07 Å². The van der Waals surface area contributed by atoms with E-state index in [1.54, 1.807) is 19.1 Å². The molecule has 1 saturated heterocycles. The van der Waals surface area contributed by atoms with Crippen LogP contribution in [0, 0.1) is 12.9 Å². The molecule has 0 saturated carbocycles. The lowest BCUT2D eigenvalue weighted by molar-refractivity contribution is 0.0571. The van der Waals surface area contributed by atoms with Crippen LogP contribution in [-0.4, -0.2) is 64.4 Å². The predicted octanol–water partition coefficient (Wildman–Crippen LogP) is 0.0117. The van der Waals surface area contributed by atoms with E-state index in [0.717, 1.165) is 14.9 Å². The number of rotatable bonds is 2. The van der Waals surface area contributed by atoms with Gasteiger partial charge in [-0.05, 0) is 18.6 Å². The predicted molar refractivity (Wildman–Crippen MR) is 80.4 cm³/mol. The molecule has 23 heavy (non-hydrogen) atoms. The summed E-state index contributed by atoms with van der Waals surface area (Å²) < 4.78 is 38.7. The zero-order valence-electron chi connectivity index (χ0n) is 12.6. The van der Waals surface area contributed by atoms with Gasteiger partial charge < -0.3 is 10.0 Å². The molecule has 0 bridgehead atoms. The minimum absolute atomic E-state index is 0.282. The number of amides is 1. The number of aryl methyl sites for hydroxylation is 1. The van der Waals surface area contributed by atoms with Crippen molar-refractivity contribution in [2.24, 2.45) is 0 Å². The number of imidazole rings is 1. The summed E-state index contributed by atoms with van der Waals surface area (Å²) in [7, 11) is -2.07. The van der Waals surface area contributed by atoms with E-state index in [4.69, 9.17) is 0 Å². The first-order chi connectivity index (χ1) is 10.7. The van der Waals surface area contributed by atoms with Crippen LogP contribution in [0.3, 0.4) is 0 Å². The Morgan fingerprint density at radius 1 is 1.43 bits per heavy atom. The van der Waals surface area contributed by atoms with Crippen LogP contribution in [0.2, 0.25) is 0 Å². The first kappa shape index (κ1) is 15.9. The zero-order valence-corrected chi connectivity index (χ0v) is 13.4. The molecule has 3 heterocycles. The van der Waals surface area contributed by atoms with Crippen molar-refractivity contribution in [2.75, 3.05) is 18.6 Å². The van der Waals surface area contributed by atoms with Crippen molar-refractivity contribution in [3.8, 4) is 0 Å². The SMILES string of the molecule is Cc1ccc2nc(C(=O)N(C)[C@@H]3CS(=O)(=O)C[C@H]3O)c(F)n2c1. The molecule has 0 aromatic carbocycles. The molecule has 124 valence electrons. The van der Waals surface area contributed by atoms with E-state index >= 15 is 0 Å². The third kappa shape index (κ3) is 2.70. The molecule has 2 aromatic heterocycles. The molecule has 1 amide bonds. The third-order valence-corrected chi connectivity index (χ3v) is 5.72. The van der Waals surface area contributed by atoms with E-state index < -0.39 is 45.3 Å². The van der Waals surface area contributed by atoms with Crippen molar-refractivity contribution < 1.29 is 22.7 Å². The van der Waals surface area contributed by atoms with Crippen LogP contribution < -0.4 is 0 Å². The summed E-state index contributed by atoms with van der Waals surface area (Å²) in [6.45, 7) is 1.78. The Morgan fingerprint density at radius 2 is 2.13 bits per heavy atom. The fourth-order valence-corrected chi connectivity index (χ4v) is 4.60. The fraction of sp³-hybridized carbons (Fsp3) is 0.429. The van der Waals surface area contributed by atoms with Gasteiger partial charge in [0, 0.05) is 13.2 Å².